The van der Waals surface area contributed by atoms with Crippen LogP contribution in [0.4, 0.5) is 0 Å². The Morgan fingerprint density at radius 3 is 2.47 bits per heavy atom. The SMILES string of the molecule is [O-][n+]1cccc2ccc3ccccc3c21. The van der Waals surface area contributed by atoms with Crippen molar-refractivity contribution in [3.8, 4) is 0 Å². The van der Waals surface area contributed by atoms with E-state index < -0.39 is 0 Å². The maximum Gasteiger partial charge on any atom is 0.231 e. The van der Waals surface area contributed by atoms with E-state index in [1.165, 1.54) is 6.20 Å². The van der Waals surface area contributed by atoms with Crippen molar-refractivity contribution in [1.82, 2.24) is 0 Å². The zero-order valence-corrected chi connectivity index (χ0v) is 8.05. The number of aromatic nitrogens is 1. The van der Waals surface area contributed by atoms with Crippen molar-refractivity contribution in [2.45, 2.75) is 0 Å². The Kier molecular flexibility index (Phi) is 1.62. The van der Waals surface area contributed by atoms with Gasteiger partial charge in [-0.05, 0) is 23.6 Å². The molecule has 0 atom stereocenters. The quantitative estimate of drug-likeness (QED) is 0.308. The van der Waals surface area contributed by atoms with Crippen molar-refractivity contribution in [3.05, 3.63) is 59.9 Å². The van der Waals surface area contributed by atoms with E-state index in [1.807, 2.05) is 42.5 Å². The van der Waals surface area contributed by atoms with Crippen LogP contribution >= 0.6 is 0 Å². The predicted molar refractivity (Wildman–Crippen MR) is 60.4 cm³/mol. The first-order valence-electron chi connectivity index (χ1n) is 4.86. The average Bonchev–Trinajstić information content (AvgIpc) is 2.29. The maximum atomic E-state index is 11.7. The molecule has 0 radical (unpaired) electrons. The van der Waals surface area contributed by atoms with Crippen molar-refractivity contribution >= 4 is 21.7 Å². The summed E-state index contributed by atoms with van der Waals surface area (Å²) in [6, 6.07) is 15.7. The van der Waals surface area contributed by atoms with Gasteiger partial charge in [-0.2, -0.15) is 4.73 Å². The lowest BCUT2D eigenvalue weighted by Crippen LogP contribution is -2.25. The van der Waals surface area contributed by atoms with Gasteiger partial charge in [0.05, 0.1) is 5.39 Å². The number of pyridine rings is 1. The van der Waals surface area contributed by atoms with Crippen molar-refractivity contribution in [3.63, 3.8) is 0 Å². The molecule has 0 spiro atoms. The summed E-state index contributed by atoms with van der Waals surface area (Å²) in [5, 5.41) is 14.8. The molecule has 0 aliphatic carbocycles. The molecular weight excluding hydrogens is 186 g/mol. The Bertz CT molecular complexity index is 646. The number of hydrogen-bond donors (Lipinski definition) is 0. The van der Waals surface area contributed by atoms with E-state index in [0.29, 0.717) is 0 Å². The molecule has 0 amide bonds. The predicted octanol–water partition coefficient (Wildman–Crippen LogP) is 2.63. The smallest absolute Gasteiger partial charge is 0.231 e. The standard InChI is InChI=1S/C13H9NO/c15-14-9-3-5-11-8-7-10-4-1-2-6-12(10)13(11)14/h1-9H. The number of benzene rings is 2. The van der Waals surface area contributed by atoms with Gasteiger partial charge < -0.3 is 5.21 Å². The van der Waals surface area contributed by atoms with Crippen LogP contribution in [0.15, 0.2) is 54.7 Å². The zero-order chi connectivity index (χ0) is 10.3. The van der Waals surface area contributed by atoms with Crippen LogP contribution < -0.4 is 4.73 Å². The number of hydrogen-bond acceptors (Lipinski definition) is 1. The summed E-state index contributed by atoms with van der Waals surface area (Å²) in [5.74, 6) is 0. The lowest BCUT2D eigenvalue weighted by atomic mass is 10.1. The van der Waals surface area contributed by atoms with Crippen LogP contribution in [0.3, 0.4) is 0 Å². The summed E-state index contributed by atoms with van der Waals surface area (Å²) in [7, 11) is 0. The third kappa shape index (κ3) is 1.15. The van der Waals surface area contributed by atoms with Crippen LogP contribution in [0.5, 0.6) is 0 Å². The monoisotopic (exact) mass is 195 g/mol. The Morgan fingerprint density at radius 1 is 0.800 bits per heavy atom. The van der Waals surface area contributed by atoms with Gasteiger partial charge in [-0.15, -0.1) is 0 Å². The van der Waals surface area contributed by atoms with Gasteiger partial charge in [0.2, 0.25) is 5.52 Å². The Labute approximate surface area is 87.0 Å². The van der Waals surface area contributed by atoms with E-state index >= 15 is 0 Å². The Hall–Kier alpha value is -2.09. The molecule has 0 aliphatic rings. The van der Waals surface area contributed by atoms with Crippen molar-refractivity contribution in [1.29, 1.82) is 0 Å². The highest BCUT2D eigenvalue weighted by molar-refractivity contribution is 6.03. The zero-order valence-electron chi connectivity index (χ0n) is 8.05. The molecule has 2 aromatic carbocycles. The highest BCUT2D eigenvalue weighted by atomic mass is 16.5. The van der Waals surface area contributed by atoms with Crippen molar-refractivity contribution in [2.75, 3.05) is 0 Å². The lowest BCUT2D eigenvalue weighted by molar-refractivity contribution is -0.576. The van der Waals surface area contributed by atoms with Crippen molar-refractivity contribution < 1.29 is 4.73 Å². The fourth-order valence-electron chi connectivity index (χ4n) is 1.95. The van der Waals surface area contributed by atoms with Crippen LogP contribution in [0.25, 0.3) is 21.7 Å². The minimum absolute atomic E-state index is 0.746. The lowest BCUT2D eigenvalue weighted by Gasteiger charge is -2.04. The normalized spacial score (nSPS) is 10.9. The molecule has 0 N–H and O–H groups in total. The molecule has 15 heavy (non-hydrogen) atoms. The number of fused-ring (bicyclic) bond motifs is 3. The van der Waals surface area contributed by atoms with Crippen LogP contribution in [0.2, 0.25) is 0 Å². The number of nitrogens with zero attached hydrogens (tertiary/aromatic N) is 1. The second kappa shape index (κ2) is 2.95. The van der Waals surface area contributed by atoms with Gasteiger partial charge in [0.15, 0.2) is 6.20 Å². The molecule has 0 bridgehead atoms. The topological polar surface area (TPSA) is 26.9 Å². The average molecular weight is 195 g/mol. The van der Waals surface area contributed by atoms with E-state index in [0.717, 1.165) is 26.4 Å². The molecule has 0 saturated heterocycles. The summed E-state index contributed by atoms with van der Waals surface area (Å²) in [4.78, 5) is 0. The summed E-state index contributed by atoms with van der Waals surface area (Å²) in [6.07, 6.45) is 1.54. The third-order valence-corrected chi connectivity index (χ3v) is 2.65. The minimum Gasteiger partial charge on any atom is -0.618 e. The second-order valence-electron chi connectivity index (χ2n) is 3.56. The van der Waals surface area contributed by atoms with Gasteiger partial charge in [0.25, 0.3) is 0 Å². The van der Waals surface area contributed by atoms with Crippen molar-refractivity contribution in [2.24, 2.45) is 0 Å². The van der Waals surface area contributed by atoms with Crippen LogP contribution in [-0.4, -0.2) is 0 Å². The molecule has 0 saturated carbocycles. The summed E-state index contributed by atoms with van der Waals surface area (Å²) >= 11 is 0. The molecule has 2 nitrogen and oxygen atoms in total. The fourth-order valence-corrected chi connectivity index (χ4v) is 1.95. The van der Waals surface area contributed by atoms with E-state index in [-0.39, 0.29) is 0 Å². The summed E-state index contributed by atoms with van der Waals surface area (Å²) < 4.78 is 0.928. The van der Waals surface area contributed by atoms with Crippen LogP contribution in [0.1, 0.15) is 0 Å². The molecule has 3 aromatic rings. The first-order chi connectivity index (χ1) is 7.36. The van der Waals surface area contributed by atoms with E-state index in [2.05, 4.69) is 0 Å². The largest absolute Gasteiger partial charge is 0.618 e. The molecule has 0 fully saturated rings. The maximum absolute atomic E-state index is 11.7. The minimum atomic E-state index is 0.746. The highest BCUT2D eigenvalue weighted by Gasteiger charge is 2.06. The molecule has 1 heterocycles. The molecule has 0 unspecified atom stereocenters. The van der Waals surface area contributed by atoms with Gasteiger partial charge in [-0.3, -0.25) is 0 Å². The van der Waals surface area contributed by atoms with E-state index in [4.69, 9.17) is 0 Å². The molecule has 2 heteroatoms. The van der Waals surface area contributed by atoms with Gasteiger partial charge in [-0.1, -0.05) is 24.3 Å². The first kappa shape index (κ1) is 8.24. The first-order valence-corrected chi connectivity index (χ1v) is 4.86. The highest BCUT2D eigenvalue weighted by Crippen LogP contribution is 2.21. The van der Waals surface area contributed by atoms with Crippen LogP contribution in [0, 0.1) is 5.21 Å². The molecule has 72 valence electrons. The summed E-state index contributed by atoms with van der Waals surface area (Å²) in [5.41, 5.74) is 0.746. The Morgan fingerprint density at radius 2 is 1.53 bits per heavy atom. The van der Waals surface area contributed by atoms with Gasteiger partial charge in [0, 0.05) is 11.5 Å². The Balaban J connectivity index is 2.64. The van der Waals surface area contributed by atoms with E-state index in [9.17, 15) is 5.21 Å². The van der Waals surface area contributed by atoms with E-state index in [1.54, 1.807) is 6.07 Å². The second-order valence-corrected chi connectivity index (χ2v) is 3.56. The van der Waals surface area contributed by atoms with Gasteiger partial charge in [0.1, 0.15) is 0 Å². The molecule has 0 aliphatic heterocycles. The molecule has 1 aromatic heterocycles. The summed E-state index contributed by atoms with van der Waals surface area (Å²) in [6.45, 7) is 0. The molecular formula is C13H9NO. The third-order valence-electron chi connectivity index (χ3n) is 2.65. The fraction of sp³-hybridized carbons (Fsp3) is 0. The van der Waals surface area contributed by atoms with Crippen LogP contribution in [-0.2, 0) is 0 Å². The van der Waals surface area contributed by atoms with Gasteiger partial charge >= 0.3 is 0 Å². The molecule has 3 rings (SSSR count). The number of rotatable bonds is 0. The van der Waals surface area contributed by atoms with Gasteiger partial charge in [-0.25, -0.2) is 0 Å².